The Kier molecular flexibility index (Phi) is 3.87. The molecule has 1 aliphatic rings. The highest BCUT2D eigenvalue weighted by atomic mass is 35.5. The van der Waals surface area contributed by atoms with E-state index < -0.39 is 0 Å². The van der Waals surface area contributed by atoms with E-state index in [2.05, 4.69) is 10.6 Å². The van der Waals surface area contributed by atoms with Gasteiger partial charge in [-0.05, 0) is 30.7 Å². The molecule has 1 aromatic carbocycles. The largest absolute Gasteiger partial charge is 0.315 e. The third kappa shape index (κ3) is 3.08. The number of benzene rings is 1. The lowest BCUT2D eigenvalue weighted by atomic mass is 10.2. The van der Waals surface area contributed by atoms with Gasteiger partial charge in [0.05, 0.1) is 0 Å². The molecule has 2 N–H and O–H groups in total. The standard InChI is InChI=1S/C11H14Cl2N2/c12-9-2-1-8(11(13)5-9)6-15-10-3-4-14-7-10/h1-2,5,10,14-15H,3-4,6-7H2. The lowest BCUT2D eigenvalue weighted by Crippen LogP contribution is -2.30. The van der Waals surface area contributed by atoms with E-state index in [0.29, 0.717) is 11.1 Å². The van der Waals surface area contributed by atoms with Gasteiger partial charge in [0.15, 0.2) is 0 Å². The maximum absolute atomic E-state index is 6.07. The van der Waals surface area contributed by atoms with Gasteiger partial charge in [0.1, 0.15) is 0 Å². The van der Waals surface area contributed by atoms with Crippen molar-refractivity contribution in [1.29, 1.82) is 0 Å². The summed E-state index contributed by atoms with van der Waals surface area (Å²) in [5, 5.41) is 8.21. The van der Waals surface area contributed by atoms with E-state index in [1.807, 2.05) is 12.1 Å². The lowest BCUT2D eigenvalue weighted by molar-refractivity contribution is 0.547. The molecule has 0 saturated carbocycles. The zero-order chi connectivity index (χ0) is 10.7. The maximum Gasteiger partial charge on any atom is 0.0465 e. The summed E-state index contributed by atoms with van der Waals surface area (Å²) in [6.45, 7) is 2.96. The van der Waals surface area contributed by atoms with Gasteiger partial charge in [0, 0.05) is 29.2 Å². The van der Waals surface area contributed by atoms with Gasteiger partial charge in [-0.2, -0.15) is 0 Å². The molecule has 0 aliphatic carbocycles. The molecule has 1 unspecified atom stereocenters. The minimum absolute atomic E-state index is 0.566. The van der Waals surface area contributed by atoms with Crippen LogP contribution in [0.3, 0.4) is 0 Å². The van der Waals surface area contributed by atoms with Crippen LogP contribution < -0.4 is 10.6 Å². The Morgan fingerprint density at radius 3 is 2.93 bits per heavy atom. The molecule has 1 aromatic rings. The summed E-state index contributed by atoms with van der Waals surface area (Å²) in [6, 6.07) is 6.20. The van der Waals surface area contributed by atoms with Gasteiger partial charge in [-0.1, -0.05) is 29.3 Å². The van der Waals surface area contributed by atoms with E-state index >= 15 is 0 Å². The Morgan fingerprint density at radius 2 is 2.27 bits per heavy atom. The summed E-state index contributed by atoms with van der Waals surface area (Å²) in [4.78, 5) is 0. The third-order valence-corrected chi connectivity index (χ3v) is 3.24. The van der Waals surface area contributed by atoms with Crippen molar-refractivity contribution < 1.29 is 0 Å². The average Bonchev–Trinajstić information content (AvgIpc) is 2.69. The average molecular weight is 245 g/mol. The molecule has 2 nitrogen and oxygen atoms in total. The van der Waals surface area contributed by atoms with E-state index in [1.165, 1.54) is 6.42 Å². The van der Waals surface area contributed by atoms with Gasteiger partial charge in [-0.25, -0.2) is 0 Å². The Morgan fingerprint density at radius 1 is 1.40 bits per heavy atom. The molecule has 1 atom stereocenters. The van der Waals surface area contributed by atoms with E-state index in [0.717, 1.165) is 30.2 Å². The first-order valence-corrected chi connectivity index (χ1v) is 5.89. The smallest absolute Gasteiger partial charge is 0.0465 e. The highest BCUT2D eigenvalue weighted by molar-refractivity contribution is 6.35. The highest BCUT2D eigenvalue weighted by Crippen LogP contribution is 2.20. The molecule has 0 radical (unpaired) electrons. The molecule has 15 heavy (non-hydrogen) atoms. The van der Waals surface area contributed by atoms with Crippen LogP contribution in [0, 0.1) is 0 Å². The molecule has 0 aromatic heterocycles. The van der Waals surface area contributed by atoms with Crippen LogP contribution in [0.1, 0.15) is 12.0 Å². The summed E-state index contributed by atoms with van der Waals surface area (Å²) < 4.78 is 0. The Hall–Kier alpha value is -0.280. The van der Waals surface area contributed by atoms with E-state index in [1.54, 1.807) is 6.07 Å². The SMILES string of the molecule is Clc1ccc(CNC2CCNC2)c(Cl)c1. The molecular formula is C11H14Cl2N2. The molecule has 1 aliphatic heterocycles. The maximum atomic E-state index is 6.07. The minimum atomic E-state index is 0.566. The van der Waals surface area contributed by atoms with Crippen molar-refractivity contribution in [2.24, 2.45) is 0 Å². The van der Waals surface area contributed by atoms with E-state index in [4.69, 9.17) is 23.2 Å². The zero-order valence-corrected chi connectivity index (χ0v) is 9.91. The first-order valence-electron chi connectivity index (χ1n) is 5.14. The zero-order valence-electron chi connectivity index (χ0n) is 8.39. The molecule has 1 saturated heterocycles. The quantitative estimate of drug-likeness (QED) is 0.854. The normalized spacial score (nSPS) is 20.8. The lowest BCUT2D eigenvalue weighted by Gasteiger charge is -2.12. The Labute approximate surface area is 100.0 Å². The fraction of sp³-hybridized carbons (Fsp3) is 0.455. The Bertz CT molecular complexity index is 335. The summed E-state index contributed by atoms with van der Waals surface area (Å²) in [7, 11) is 0. The van der Waals surface area contributed by atoms with Crippen molar-refractivity contribution in [2.75, 3.05) is 13.1 Å². The number of nitrogens with one attached hydrogen (secondary N) is 2. The second-order valence-corrected chi connectivity index (χ2v) is 4.65. The van der Waals surface area contributed by atoms with Crippen LogP contribution in [0.25, 0.3) is 0 Å². The summed E-state index contributed by atoms with van der Waals surface area (Å²) in [6.07, 6.45) is 1.19. The van der Waals surface area contributed by atoms with Crippen molar-refractivity contribution in [3.05, 3.63) is 33.8 Å². The second-order valence-electron chi connectivity index (χ2n) is 3.81. The second kappa shape index (κ2) is 5.17. The molecule has 1 fully saturated rings. The fourth-order valence-corrected chi connectivity index (χ4v) is 2.22. The molecule has 82 valence electrons. The van der Waals surface area contributed by atoms with Crippen molar-refractivity contribution in [3.63, 3.8) is 0 Å². The molecule has 2 rings (SSSR count). The molecule has 4 heteroatoms. The molecular weight excluding hydrogens is 231 g/mol. The van der Waals surface area contributed by atoms with E-state index in [-0.39, 0.29) is 0 Å². The van der Waals surface area contributed by atoms with Crippen LogP contribution in [0.4, 0.5) is 0 Å². The predicted octanol–water partition coefficient (Wildman–Crippen LogP) is 2.44. The van der Waals surface area contributed by atoms with Crippen LogP contribution in [0.2, 0.25) is 10.0 Å². The van der Waals surface area contributed by atoms with Gasteiger partial charge in [-0.3, -0.25) is 0 Å². The molecule has 1 heterocycles. The van der Waals surface area contributed by atoms with Crippen LogP contribution in [0.15, 0.2) is 18.2 Å². The van der Waals surface area contributed by atoms with Gasteiger partial charge >= 0.3 is 0 Å². The van der Waals surface area contributed by atoms with Crippen molar-refractivity contribution >= 4 is 23.2 Å². The minimum Gasteiger partial charge on any atom is -0.315 e. The third-order valence-electron chi connectivity index (χ3n) is 2.66. The highest BCUT2D eigenvalue weighted by Gasteiger charge is 2.13. The number of hydrogen-bond acceptors (Lipinski definition) is 2. The van der Waals surface area contributed by atoms with Crippen molar-refractivity contribution in [1.82, 2.24) is 10.6 Å². The summed E-state index contributed by atoms with van der Waals surface area (Å²) in [5.41, 5.74) is 1.10. The van der Waals surface area contributed by atoms with Gasteiger partial charge in [-0.15, -0.1) is 0 Å². The Balaban J connectivity index is 1.92. The fourth-order valence-electron chi connectivity index (χ4n) is 1.75. The van der Waals surface area contributed by atoms with Crippen LogP contribution in [0.5, 0.6) is 0 Å². The first-order chi connectivity index (χ1) is 7.25. The van der Waals surface area contributed by atoms with Crippen LogP contribution in [-0.4, -0.2) is 19.1 Å². The van der Waals surface area contributed by atoms with Crippen molar-refractivity contribution in [3.8, 4) is 0 Å². The summed E-state index contributed by atoms with van der Waals surface area (Å²) in [5.74, 6) is 0. The predicted molar refractivity (Wildman–Crippen MR) is 64.6 cm³/mol. The van der Waals surface area contributed by atoms with E-state index in [9.17, 15) is 0 Å². The molecule has 0 spiro atoms. The van der Waals surface area contributed by atoms with Gasteiger partial charge < -0.3 is 10.6 Å². The monoisotopic (exact) mass is 244 g/mol. The van der Waals surface area contributed by atoms with Crippen molar-refractivity contribution in [2.45, 2.75) is 19.0 Å². The summed E-state index contributed by atoms with van der Waals surface area (Å²) >= 11 is 11.9. The van der Waals surface area contributed by atoms with Gasteiger partial charge in [0.2, 0.25) is 0 Å². The molecule has 0 bridgehead atoms. The topological polar surface area (TPSA) is 24.1 Å². The number of rotatable bonds is 3. The first kappa shape index (κ1) is 11.2. The van der Waals surface area contributed by atoms with Gasteiger partial charge in [0.25, 0.3) is 0 Å². The molecule has 0 amide bonds. The number of hydrogen-bond donors (Lipinski definition) is 2. The number of halogens is 2. The van der Waals surface area contributed by atoms with Crippen LogP contribution in [-0.2, 0) is 6.54 Å². The van der Waals surface area contributed by atoms with Crippen LogP contribution >= 0.6 is 23.2 Å².